The van der Waals surface area contributed by atoms with Crippen LogP contribution in [0, 0.1) is 0 Å². The van der Waals surface area contributed by atoms with Crippen molar-refractivity contribution in [3.8, 4) is 0 Å². The van der Waals surface area contributed by atoms with Crippen LogP contribution in [0.25, 0.3) is 10.9 Å². The van der Waals surface area contributed by atoms with E-state index < -0.39 is 14.6 Å². The summed E-state index contributed by atoms with van der Waals surface area (Å²) in [5, 5.41) is 3.87. The normalized spacial score (nSPS) is 12.6. The Kier molecular flexibility index (Phi) is 3.26. The van der Waals surface area contributed by atoms with Crippen molar-refractivity contribution in [2.24, 2.45) is 0 Å². The predicted molar refractivity (Wildman–Crippen MR) is 78.2 cm³/mol. The average Bonchev–Trinajstić information content (AvgIpc) is 2.36. The Morgan fingerprint density at radius 1 is 1.16 bits per heavy atom. The van der Waals surface area contributed by atoms with E-state index in [1.165, 1.54) is 0 Å². The first kappa shape index (κ1) is 13.8. The zero-order valence-electron chi connectivity index (χ0n) is 11.6. The van der Waals surface area contributed by atoms with E-state index >= 15 is 0 Å². The van der Waals surface area contributed by atoms with Gasteiger partial charge in [-0.15, -0.1) is 0 Å². The number of benzene rings is 1. The van der Waals surface area contributed by atoms with Crippen LogP contribution in [0.5, 0.6) is 0 Å². The Labute approximate surface area is 113 Å². The van der Waals surface area contributed by atoms with E-state index in [1.807, 2.05) is 6.07 Å². The molecule has 0 atom stereocenters. The highest BCUT2D eigenvalue weighted by Gasteiger charge is 2.31. The molecule has 0 radical (unpaired) electrons. The standard InChI is InChI=1S/C14H18N2O2S/c1-14(2,3)19(17,18)10-5-6-13-11(9-10)12(15-4)7-8-16-13/h5-9H,1-4H3,(H,15,16). The van der Waals surface area contributed by atoms with E-state index in [0.717, 1.165) is 16.6 Å². The second-order valence-electron chi connectivity index (χ2n) is 5.40. The summed E-state index contributed by atoms with van der Waals surface area (Å²) < 4.78 is 24.1. The predicted octanol–water partition coefficient (Wildman–Crippen LogP) is 2.85. The molecule has 0 spiro atoms. The largest absolute Gasteiger partial charge is 0.388 e. The summed E-state index contributed by atoms with van der Waals surface area (Å²) in [6.07, 6.45) is 1.70. The number of aromatic nitrogens is 1. The lowest BCUT2D eigenvalue weighted by molar-refractivity contribution is 0.560. The minimum Gasteiger partial charge on any atom is -0.388 e. The second-order valence-corrected chi connectivity index (χ2v) is 8.11. The minimum absolute atomic E-state index is 0.331. The molecule has 19 heavy (non-hydrogen) atoms. The lowest BCUT2D eigenvalue weighted by atomic mass is 10.2. The summed E-state index contributed by atoms with van der Waals surface area (Å²) >= 11 is 0. The Bertz CT molecular complexity index is 716. The Morgan fingerprint density at radius 2 is 1.84 bits per heavy atom. The first-order chi connectivity index (χ1) is 8.77. The van der Waals surface area contributed by atoms with Crippen LogP contribution in [0.2, 0.25) is 0 Å². The molecule has 102 valence electrons. The molecular formula is C14H18N2O2S. The number of nitrogens with one attached hydrogen (secondary N) is 1. The molecule has 0 saturated carbocycles. The second kappa shape index (κ2) is 4.49. The Hall–Kier alpha value is -1.62. The summed E-state index contributed by atoms with van der Waals surface area (Å²) in [6.45, 7) is 5.11. The van der Waals surface area contributed by atoms with Crippen LogP contribution in [0.1, 0.15) is 20.8 Å². The molecule has 1 N–H and O–H groups in total. The van der Waals surface area contributed by atoms with Crippen molar-refractivity contribution >= 4 is 26.4 Å². The fraction of sp³-hybridized carbons (Fsp3) is 0.357. The average molecular weight is 278 g/mol. The lowest BCUT2D eigenvalue weighted by Crippen LogP contribution is -2.27. The summed E-state index contributed by atoms with van der Waals surface area (Å²) in [7, 11) is -1.54. The smallest absolute Gasteiger partial charge is 0.183 e. The Morgan fingerprint density at radius 3 is 2.42 bits per heavy atom. The number of nitrogens with zero attached hydrogens (tertiary/aromatic N) is 1. The van der Waals surface area contributed by atoms with Gasteiger partial charge in [0.25, 0.3) is 0 Å². The molecular weight excluding hydrogens is 260 g/mol. The van der Waals surface area contributed by atoms with Gasteiger partial charge in [0.1, 0.15) is 0 Å². The van der Waals surface area contributed by atoms with Crippen LogP contribution in [0.4, 0.5) is 5.69 Å². The number of anilines is 1. The summed E-state index contributed by atoms with van der Waals surface area (Å²) in [6, 6.07) is 6.88. The highest BCUT2D eigenvalue weighted by molar-refractivity contribution is 7.92. The number of pyridine rings is 1. The molecule has 0 bridgehead atoms. The van der Waals surface area contributed by atoms with Gasteiger partial charge in [0.2, 0.25) is 0 Å². The van der Waals surface area contributed by atoms with Gasteiger partial charge in [-0.05, 0) is 45.0 Å². The van der Waals surface area contributed by atoms with Crippen molar-refractivity contribution in [3.05, 3.63) is 30.5 Å². The van der Waals surface area contributed by atoms with Crippen LogP contribution in [0.15, 0.2) is 35.4 Å². The number of hydrogen-bond acceptors (Lipinski definition) is 4. The number of rotatable bonds is 2. The zero-order chi connectivity index (χ0) is 14.3. The zero-order valence-corrected chi connectivity index (χ0v) is 12.4. The van der Waals surface area contributed by atoms with Crippen LogP contribution in [-0.4, -0.2) is 25.2 Å². The fourth-order valence-corrected chi connectivity index (χ4v) is 3.09. The van der Waals surface area contributed by atoms with Gasteiger partial charge in [0.15, 0.2) is 9.84 Å². The van der Waals surface area contributed by atoms with E-state index in [2.05, 4.69) is 10.3 Å². The monoisotopic (exact) mass is 278 g/mol. The minimum atomic E-state index is -3.35. The molecule has 0 fully saturated rings. The van der Waals surface area contributed by atoms with Gasteiger partial charge in [-0.25, -0.2) is 8.42 Å². The van der Waals surface area contributed by atoms with Crippen LogP contribution in [-0.2, 0) is 9.84 Å². The maximum absolute atomic E-state index is 12.5. The van der Waals surface area contributed by atoms with E-state index in [4.69, 9.17) is 0 Å². The maximum atomic E-state index is 12.5. The SMILES string of the molecule is CNc1ccnc2ccc(S(=O)(=O)C(C)(C)C)cc12. The van der Waals surface area contributed by atoms with Gasteiger partial charge in [0.05, 0.1) is 15.2 Å². The van der Waals surface area contributed by atoms with Crippen molar-refractivity contribution < 1.29 is 8.42 Å². The molecule has 0 saturated heterocycles. The molecule has 5 heteroatoms. The third kappa shape index (κ3) is 2.30. The van der Waals surface area contributed by atoms with E-state index in [1.54, 1.807) is 52.2 Å². The molecule has 0 unspecified atom stereocenters. The molecule has 2 rings (SSSR count). The number of fused-ring (bicyclic) bond motifs is 1. The molecule has 0 amide bonds. The summed E-state index contributed by atoms with van der Waals surface area (Å²) in [4.78, 5) is 4.57. The molecule has 1 aromatic carbocycles. The van der Waals surface area contributed by atoms with E-state index in [9.17, 15) is 8.42 Å². The van der Waals surface area contributed by atoms with Gasteiger partial charge < -0.3 is 5.32 Å². The fourth-order valence-electron chi connectivity index (χ4n) is 1.86. The number of hydrogen-bond donors (Lipinski definition) is 1. The quantitative estimate of drug-likeness (QED) is 0.917. The van der Waals surface area contributed by atoms with Gasteiger partial charge >= 0.3 is 0 Å². The van der Waals surface area contributed by atoms with Crippen molar-refractivity contribution in [1.82, 2.24) is 4.98 Å². The van der Waals surface area contributed by atoms with E-state index in [0.29, 0.717) is 4.90 Å². The molecule has 1 heterocycles. The van der Waals surface area contributed by atoms with Crippen molar-refractivity contribution in [2.75, 3.05) is 12.4 Å². The third-order valence-electron chi connectivity index (χ3n) is 3.10. The highest BCUT2D eigenvalue weighted by Crippen LogP contribution is 2.29. The highest BCUT2D eigenvalue weighted by atomic mass is 32.2. The van der Waals surface area contributed by atoms with Crippen molar-refractivity contribution in [1.29, 1.82) is 0 Å². The van der Waals surface area contributed by atoms with Crippen molar-refractivity contribution in [3.63, 3.8) is 0 Å². The van der Waals surface area contributed by atoms with Gasteiger partial charge in [-0.2, -0.15) is 0 Å². The van der Waals surface area contributed by atoms with Crippen LogP contribution >= 0.6 is 0 Å². The van der Waals surface area contributed by atoms with Crippen LogP contribution in [0.3, 0.4) is 0 Å². The van der Waals surface area contributed by atoms with Crippen molar-refractivity contribution in [2.45, 2.75) is 30.4 Å². The van der Waals surface area contributed by atoms with Gasteiger partial charge in [-0.3, -0.25) is 4.98 Å². The maximum Gasteiger partial charge on any atom is 0.183 e. The first-order valence-corrected chi connectivity index (χ1v) is 7.57. The van der Waals surface area contributed by atoms with Crippen LogP contribution < -0.4 is 5.32 Å². The molecule has 4 nitrogen and oxygen atoms in total. The molecule has 0 aliphatic carbocycles. The van der Waals surface area contributed by atoms with E-state index in [-0.39, 0.29) is 0 Å². The number of sulfone groups is 1. The van der Waals surface area contributed by atoms with Gasteiger partial charge in [0, 0.05) is 24.3 Å². The molecule has 1 aromatic heterocycles. The molecule has 0 aliphatic rings. The Balaban J connectivity index is 2.72. The molecule has 2 aromatic rings. The third-order valence-corrected chi connectivity index (χ3v) is 5.59. The molecule has 0 aliphatic heterocycles. The lowest BCUT2D eigenvalue weighted by Gasteiger charge is -2.19. The first-order valence-electron chi connectivity index (χ1n) is 6.08. The summed E-state index contributed by atoms with van der Waals surface area (Å²) in [5.41, 5.74) is 1.65. The summed E-state index contributed by atoms with van der Waals surface area (Å²) in [5.74, 6) is 0. The topological polar surface area (TPSA) is 59.1 Å². The van der Waals surface area contributed by atoms with Gasteiger partial charge in [-0.1, -0.05) is 0 Å².